The van der Waals surface area contributed by atoms with Gasteiger partial charge < -0.3 is 15.4 Å². The van der Waals surface area contributed by atoms with Crippen molar-refractivity contribution in [3.8, 4) is 0 Å². The van der Waals surface area contributed by atoms with E-state index in [1.807, 2.05) is 0 Å². The van der Waals surface area contributed by atoms with Crippen LogP contribution in [0.1, 0.15) is 10.4 Å². The van der Waals surface area contributed by atoms with E-state index in [9.17, 15) is 14.9 Å². The highest BCUT2D eigenvalue weighted by atomic mass is 32.1. The van der Waals surface area contributed by atoms with Crippen LogP contribution in [0, 0.1) is 10.1 Å². The lowest BCUT2D eigenvalue weighted by Gasteiger charge is -2.11. The summed E-state index contributed by atoms with van der Waals surface area (Å²) in [5.41, 5.74) is 1.43. The number of methoxy groups -OCH3 is 1. The highest BCUT2D eigenvalue weighted by molar-refractivity contribution is 7.80. The third-order valence-corrected chi connectivity index (χ3v) is 3.06. The minimum Gasteiger partial charge on any atom is -0.465 e. The van der Waals surface area contributed by atoms with Crippen LogP contribution in [0.3, 0.4) is 0 Å². The third kappa shape index (κ3) is 4.48. The summed E-state index contributed by atoms with van der Waals surface area (Å²) in [5, 5.41) is 16.7. The predicted molar refractivity (Wildman–Crippen MR) is 90.7 cm³/mol. The van der Waals surface area contributed by atoms with Crippen molar-refractivity contribution in [2.45, 2.75) is 0 Å². The van der Waals surface area contributed by atoms with Crippen LogP contribution in [0.15, 0.2) is 48.5 Å². The van der Waals surface area contributed by atoms with Gasteiger partial charge in [-0.05, 0) is 36.5 Å². The fraction of sp³-hybridized carbons (Fsp3) is 0.0667. The van der Waals surface area contributed by atoms with Gasteiger partial charge >= 0.3 is 5.97 Å². The number of nitrogens with one attached hydrogen (secondary N) is 2. The predicted octanol–water partition coefficient (Wildman–Crippen LogP) is 3.19. The lowest BCUT2D eigenvalue weighted by Crippen LogP contribution is -2.19. The fourth-order valence-electron chi connectivity index (χ4n) is 1.83. The van der Waals surface area contributed by atoms with Gasteiger partial charge in [-0.15, -0.1) is 0 Å². The molecule has 0 aromatic heterocycles. The Hall–Kier alpha value is -3.00. The summed E-state index contributed by atoms with van der Waals surface area (Å²) in [6, 6.07) is 12.6. The smallest absolute Gasteiger partial charge is 0.337 e. The number of nitrogens with zero attached hydrogens (tertiary/aromatic N) is 1. The summed E-state index contributed by atoms with van der Waals surface area (Å²) >= 11 is 5.16. The lowest BCUT2D eigenvalue weighted by molar-refractivity contribution is -0.384. The zero-order chi connectivity index (χ0) is 16.8. The first-order valence-corrected chi connectivity index (χ1v) is 6.91. The molecule has 0 atom stereocenters. The van der Waals surface area contributed by atoms with Gasteiger partial charge in [0.2, 0.25) is 0 Å². The monoisotopic (exact) mass is 331 g/mol. The van der Waals surface area contributed by atoms with Crippen molar-refractivity contribution >= 4 is 40.4 Å². The molecule has 7 nitrogen and oxygen atoms in total. The van der Waals surface area contributed by atoms with Gasteiger partial charge in [0, 0.05) is 23.5 Å². The van der Waals surface area contributed by atoms with E-state index in [0.29, 0.717) is 16.9 Å². The largest absolute Gasteiger partial charge is 0.465 e. The molecule has 0 aliphatic rings. The Balaban J connectivity index is 2.06. The third-order valence-electron chi connectivity index (χ3n) is 2.86. The molecule has 0 unspecified atom stereocenters. The molecule has 0 aliphatic heterocycles. The normalized spacial score (nSPS) is 9.78. The van der Waals surface area contributed by atoms with Crippen LogP contribution >= 0.6 is 12.2 Å². The second-order valence-electron chi connectivity index (χ2n) is 4.46. The van der Waals surface area contributed by atoms with E-state index in [1.165, 1.54) is 19.2 Å². The van der Waals surface area contributed by atoms with E-state index in [4.69, 9.17) is 12.2 Å². The standard InChI is InChI=1S/C15H13N3O4S/c1-22-14(19)10-4-2-5-11(8-10)16-15(23)17-12-6-3-7-13(9-12)18(20)21/h2-9H,1H3,(H2,16,17,23). The topological polar surface area (TPSA) is 93.5 Å². The van der Waals surface area contributed by atoms with Gasteiger partial charge in [-0.25, -0.2) is 4.79 Å². The summed E-state index contributed by atoms with van der Waals surface area (Å²) in [6.07, 6.45) is 0. The van der Waals surface area contributed by atoms with E-state index < -0.39 is 10.9 Å². The maximum Gasteiger partial charge on any atom is 0.337 e. The zero-order valence-corrected chi connectivity index (χ0v) is 12.9. The van der Waals surface area contributed by atoms with Crippen LogP contribution < -0.4 is 10.6 Å². The number of nitro benzene ring substituents is 1. The Morgan fingerprint density at radius 3 is 2.35 bits per heavy atom. The highest BCUT2D eigenvalue weighted by Crippen LogP contribution is 2.18. The Bertz CT molecular complexity index is 764. The number of ether oxygens (including phenoxy) is 1. The molecule has 0 heterocycles. The number of anilines is 2. The van der Waals surface area contributed by atoms with Gasteiger partial charge in [0.25, 0.3) is 5.69 Å². The number of thiocarbonyl (C=S) groups is 1. The molecule has 2 aromatic rings. The van der Waals surface area contributed by atoms with E-state index in [2.05, 4.69) is 15.4 Å². The molecule has 2 N–H and O–H groups in total. The Labute approximate surface area is 137 Å². The van der Waals surface area contributed by atoms with Crippen molar-refractivity contribution in [3.63, 3.8) is 0 Å². The summed E-state index contributed by atoms with van der Waals surface area (Å²) in [6.45, 7) is 0. The van der Waals surface area contributed by atoms with Crippen LogP contribution in [0.4, 0.5) is 17.1 Å². The van der Waals surface area contributed by atoms with Crippen molar-refractivity contribution in [2.75, 3.05) is 17.7 Å². The number of hydrogen-bond donors (Lipinski definition) is 2. The number of rotatable bonds is 4. The van der Waals surface area contributed by atoms with Crippen LogP contribution in [0.2, 0.25) is 0 Å². The fourth-order valence-corrected chi connectivity index (χ4v) is 2.07. The molecule has 118 valence electrons. The lowest BCUT2D eigenvalue weighted by atomic mass is 10.2. The molecule has 0 bridgehead atoms. The molecule has 0 saturated heterocycles. The van der Waals surface area contributed by atoms with Gasteiger partial charge in [-0.2, -0.15) is 0 Å². The minimum atomic E-state index is -0.485. The number of nitro groups is 1. The number of esters is 1. The molecular weight excluding hydrogens is 318 g/mol. The highest BCUT2D eigenvalue weighted by Gasteiger charge is 2.08. The second kappa shape index (κ2) is 7.32. The van der Waals surface area contributed by atoms with Gasteiger partial charge in [0.15, 0.2) is 5.11 Å². The average Bonchev–Trinajstić information content (AvgIpc) is 2.54. The molecule has 0 radical (unpaired) electrons. The molecule has 2 aromatic carbocycles. The van der Waals surface area contributed by atoms with Crippen molar-refractivity contribution in [2.24, 2.45) is 0 Å². The summed E-state index contributed by atoms with van der Waals surface area (Å²) in [5.74, 6) is -0.453. The minimum absolute atomic E-state index is 0.0366. The van der Waals surface area contributed by atoms with Gasteiger partial charge in [-0.3, -0.25) is 10.1 Å². The van der Waals surface area contributed by atoms with Gasteiger partial charge in [-0.1, -0.05) is 12.1 Å². The van der Waals surface area contributed by atoms with Crippen LogP contribution in [0.5, 0.6) is 0 Å². The molecule has 0 saturated carbocycles. The van der Waals surface area contributed by atoms with Crippen molar-refractivity contribution in [1.29, 1.82) is 0 Å². The van der Waals surface area contributed by atoms with Crippen molar-refractivity contribution in [3.05, 3.63) is 64.2 Å². The molecule has 0 spiro atoms. The first-order chi connectivity index (χ1) is 11.0. The second-order valence-corrected chi connectivity index (χ2v) is 4.87. The van der Waals surface area contributed by atoms with E-state index in [-0.39, 0.29) is 10.8 Å². The molecule has 0 aliphatic carbocycles. The van der Waals surface area contributed by atoms with Crippen LogP contribution in [-0.4, -0.2) is 23.1 Å². The summed E-state index contributed by atoms with van der Waals surface area (Å²) < 4.78 is 4.65. The Kier molecular flexibility index (Phi) is 5.21. The van der Waals surface area contributed by atoms with Crippen molar-refractivity contribution < 1.29 is 14.5 Å². The average molecular weight is 331 g/mol. The van der Waals surface area contributed by atoms with Gasteiger partial charge in [0.1, 0.15) is 0 Å². The number of benzene rings is 2. The number of carbonyl (C=O) groups excluding carboxylic acids is 1. The maximum atomic E-state index is 11.5. The first kappa shape index (κ1) is 16.4. The summed E-state index contributed by atoms with van der Waals surface area (Å²) in [4.78, 5) is 21.7. The van der Waals surface area contributed by atoms with Gasteiger partial charge in [0.05, 0.1) is 17.6 Å². The van der Waals surface area contributed by atoms with Crippen molar-refractivity contribution in [1.82, 2.24) is 0 Å². The molecule has 8 heteroatoms. The molecule has 0 fully saturated rings. The zero-order valence-electron chi connectivity index (χ0n) is 12.1. The molecule has 0 amide bonds. The Morgan fingerprint density at radius 2 is 1.74 bits per heavy atom. The number of carbonyl (C=O) groups is 1. The number of hydrogen-bond acceptors (Lipinski definition) is 5. The van der Waals surface area contributed by atoms with Crippen LogP contribution in [0.25, 0.3) is 0 Å². The molecule has 23 heavy (non-hydrogen) atoms. The number of non-ortho nitro benzene ring substituents is 1. The Morgan fingerprint density at radius 1 is 1.13 bits per heavy atom. The van der Waals surface area contributed by atoms with E-state index >= 15 is 0 Å². The first-order valence-electron chi connectivity index (χ1n) is 6.50. The van der Waals surface area contributed by atoms with E-state index in [1.54, 1.807) is 36.4 Å². The van der Waals surface area contributed by atoms with Crippen LogP contribution in [-0.2, 0) is 4.74 Å². The molecular formula is C15H13N3O4S. The maximum absolute atomic E-state index is 11.5. The SMILES string of the molecule is COC(=O)c1cccc(NC(=S)Nc2cccc([N+](=O)[O-])c2)c1. The molecule has 2 rings (SSSR count). The van der Waals surface area contributed by atoms with E-state index in [0.717, 1.165) is 0 Å². The summed E-state index contributed by atoms with van der Waals surface area (Å²) in [7, 11) is 1.30. The quantitative estimate of drug-likeness (QED) is 0.384.